The number of carbonyl (C=O) groups excluding carboxylic acids is 4. The number of benzene rings is 2. The second-order valence-electron chi connectivity index (χ2n) is 9.11. The number of nitrogens with zero attached hydrogens (tertiary/aromatic N) is 1. The van der Waals surface area contributed by atoms with Crippen LogP contribution in [0.15, 0.2) is 53.0 Å². The highest BCUT2D eigenvalue weighted by molar-refractivity contribution is 9.10. The topological polar surface area (TPSA) is 92.8 Å². The second-order valence-corrected chi connectivity index (χ2v) is 9.90. The number of rotatable bonds is 5. The second kappa shape index (κ2) is 8.51. The lowest BCUT2D eigenvalue weighted by molar-refractivity contribution is -0.123. The Bertz CT molecular complexity index is 1220. The lowest BCUT2D eigenvalue weighted by atomic mass is 9.85. The van der Waals surface area contributed by atoms with Gasteiger partial charge in [0.25, 0.3) is 5.91 Å². The molecule has 1 saturated heterocycles. The van der Waals surface area contributed by atoms with Crippen molar-refractivity contribution in [3.05, 3.63) is 69.7 Å². The largest absolute Gasteiger partial charge is 0.452 e. The van der Waals surface area contributed by atoms with Crippen LogP contribution < -0.4 is 10.2 Å². The van der Waals surface area contributed by atoms with Crippen LogP contribution in [0.3, 0.4) is 0 Å². The number of esters is 1. The summed E-state index contributed by atoms with van der Waals surface area (Å²) in [5.74, 6) is -2.00. The van der Waals surface area contributed by atoms with E-state index < -0.39 is 18.5 Å². The highest BCUT2D eigenvalue weighted by Crippen LogP contribution is 2.53. The lowest BCUT2D eigenvalue weighted by Gasteiger charge is -2.18. The Kier molecular flexibility index (Phi) is 5.64. The molecule has 0 aromatic heterocycles. The van der Waals surface area contributed by atoms with Crippen molar-refractivity contribution in [2.45, 2.75) is 20.3 Å². The maximum absolute atomic E-state index is 13.0. The molecule has 0 unspecified atom stereocenters. The number of imide groups is 1. The Balaban J connectivity index is 1.24. The molecule has 0 radical (unpaired) electrons. The summed E-state index contributed by atoms with van der Waals surface area (Å²) in [6.45, 7) is 3.38. The monoisotopic (exact) mass is 522 g/mol. The molecule has 1 aliphatic heterocycles. The van der Waals surface area contributed by atoms with Crippen molar-refractivity contribution in [3.63, 3.8) is 0 Å². The molecular formula is C26H23BrN2O5. The molecule has 5 rings (SSSR count). The summed E-state index contributed by atoms with van der Waals surface area (Å²) in [5.41, 5.74) is 3.08. The molecule has 2 bridgehead atoms. The van der Waals surface area contributed by atoms with E-state index in [1.54, 1.807) is 12.1 Å². The first-order valence-corrected chi connectivity index (χ1v) is 11.9. The van der Waals surface area contributed by atoms with Crippen LogP contribution >= 0.6 is 15.9 Å². The molecule has 7 nitrogen and oxygen atoms in total. The number of hydrogen-bond donors (Lipinski definition) is 1. The van der Waals surface area contributed by atoms with Gasteiger partial charge in [-0.15, -0.1) is 0 Å². The molecule has 1 N–H and O–H groups in total. The number of aryl methyl sites for hydroxylation is 2. The fraction of sp³-hybridized carbons (Fsp3) is 0.308. The SMILES string of the molecule is Cc1cc(NC(=O)COC(=O)c2cccc(N3C(=O)[C@@H]4[C@H](C3=O)[C@H]3C=C[C@H]4C3)c2)cc(C)c1Br. The van der Waals surface area contributed by atoms with Crippen LogP contribution in [0.1, 0.15) is 27.9 Å². The van der Waals surface area contributed by atoms with E-state index >= 15 is 0 Å². The predicted octanol–water partition coefficient (Wildman–Crippen LogP) is 4.17. The van der Waals surface area contributed by atoms with Crippen LogP contribution in [-0.2, 0) is 19.1 Å². The van der Waals surface area contributed by atoms with Gasteiger partial charge in [0.15, 0.2) is 6.61 Å². The van der Waals surface area contributed by atoms with Crippen LogP contribution in [-0.4, -0.2) is 30.3 Å². The van der Waals surface area contributed by atoms with E-state index in [4.69, 9.17) is 4.74 Å². The molecule has 4 atom stereocenters. The van der Waals surface area contributed by atoms with Gasteiger partial charge in [-0.3, -0.25) is 14.4 Å². The van der Waals surface area contributed by atoms with E-state index in [1.807, 2.05) is 38.1 Å². The normalized spacial score (nSPS) is 24.5. The highest BCUT2D eigenvalue weighted by Gasteiger charge is 2.59. The standard InChI is InChI=1S/C26H23BrN2O5/c1-13-8-18(9-14(2)23(13)27)28-20(30)12-34-26(33)17-4-3-5-19(11-17)29-24(31)21-15-6-7-16(10-15)22(21)25(29)32/h3-9,11,15-16,21-22H,10,12H2,1-2H3,(H,28,30)/t15-,16-,21-,22+/m0/s1. The quantitative estimate of drug-likeness (QED) is 0.361. The van der Waals surface area contributed by atoms with Crippen LogP contribution in [0, 0.1) is 37.5 Å². The first-order chi connectivity index (χ1) is 16.2. The molecule has 3 amide bonds. The Morgan fingerprint density at radius 1 is 1.03 bits per heavy atom. The number of halogens is 1. The van der Waals surface area contributed by atoms with Gasteiger partial charge >= 0.3 is 5.97 Å². The van der Waals surface area contributed by atoms with Gasteiger partial charge in [0.2, 0.25) is 11.8 Å². The molecule has 0 spiro atoms. The molecule has 174 valence electrons. The number of amides is 3. The third-order valence-corrected chi connectivity index (χ3v) is 8.12. The van der Waals surface area contributed by atoms with Gasteiger partial charge in [-0.25, -0.2) is 9.69 Å². The predicted molar refractivity (Wildman–Crippen MR) is 129 cm³/mol. The molecule has 1 heterocycles. The summed E-state index contributed by atoms with van der Waals surface area (Å²) in [4.78, 5) is 52.1. The van der Waals surface area contributed by atoms with Crippen molar-refractivity contribution in [1.82, 2.24) is 0 Å². The Morgan fingerprint density at radius 3 is 2.26 bits per heavy atom. The summed E-state index contributed by atoms with van der Waals surface area (Å²) in [6.07, 6.45) is 4.93. The molecular weight excluding hydrogens is 500 g/mol. The Hall–Kier alpha value is -3.26. The summed E-state index contributed by atoms with van der Waals surface area (Å²) in [7, 11) is 0. The average Bonchev–Trinajstić information content (AvgIpc) is 3.49. The van der Waals surface area contributed by atoms with E-state index in [-0.39, 0.29) is 41.0 Å². The molecule has 1 saturated carbocycles. The third-order valence-electron chi connectivity index (χ3n) is 6.86. The van der Waals surface area contributed by atoms with Crippen molar-refractivity contribution in [1.29, 1.82) is 0 Å². The van der Waals surface area contributed by atoms with Crippen LogP contribution in [0.2, 0.25) is 0 Å². The molecule has 34 heavy (non-hydrogen) atoms. The number of fused-ring (bicyclic) bond motifs is 5. The van der Waals surface area contributed by atoms with Gasteiger partial charge in [0.1, 0.15) is 0 Å². The first kappa shape index (κ1) is 22.5. The van der Waals surface area contributed by atoms with Crippen LogP contribution in [0.5, 0.6) is 0 Å². The van der Waals surface area contributed by atoms with Crippen LogP contribution in [0.25, 0.3) is 0 Å². The fourth-order valence-corrected chi connectivity index (χ4v) is 5.59. The van der Waals surface area contributed by atoms with E-state index in [2.05, 4.69) is 21.2 Å². The smallest absolute Gasteiger partial charge is 0.338 e. The van der Waals surface area contributed by atoms with Crippen LogP contribution in [0.4, 0.5) is 11.4 Å². The lowest BCUT2D eigenvalue weighted by Crippen LogP contribution is -2.33. The molecule has 2 fully saturated rings. The van der Waals surface area contributed by atoms with Gasteiger partial charge in [-0.2, -0.15) is 0 Å². The minimum Gasteiger partial charge on any atom is -0.452 e. The number of ether oxygens (including phenoxy) is 1. The van der Waals surface area contributed by atoms with Crippen molar-refractivity contribution < 1.29 is 23.9 Å². The maximum Gasteiger partial charge on any atom is 0.338 e. The van der Waals surface area contributed by atoms with Crippen molar-refractivity contribution >= 4 is 51.0 Å². The van der Waals surface area contributed by atoms with Crippen molar-refractivity contribution in [2.75, 3.05) is 16.8 Å². The number of anilines is 2. The Labute approximate surface area is 205 Å². The average molecular weight is 523 g/mol. The molecule has 2 aliphatic carbocycles. The minimum absolute atomic E-state index is 0.112. The fourth-order valence-electron chi connectivity index (χ4n) is 5.36. The van der Waals surface area contributed by atoms with E-state index in [0.29, 0.717) is 11.4 Å². The highest BCUT2D eigenvalue weighted by atomic mass is 79.9. The van der Waals surface area contributed by atoms with Gasteiger partial charge in [0, 0.05) is 10.2 Å². The van der Waals surface area contributed by atoms with Gasteiger partial charge in [0.05, 0.1) is 23.1 Å². The van der Waals surface area contributed by atoms with Crippen molar-refractivity contribution in [3.8, 4) is 0 Å². The Morgan fingerprint density at radius 2 is 1.65 bits per heavy atom. The minimum atomic E-state index is -0.707. The summed E-state index contributed by atoms with van der Waals surface area (Å²) in [6, 6.07) is 9.87. The summed E-state index contributed by atoms with van der Waals surface area (Å²) in [5, 5.41) is 2.72. The zero-order valence-corrected chi connectivity index (χ0v) is 20.3. The van der Waals surface area contributed by atoms with E-state index in [9.17, 15) is 19.2 Å². The van der Waals surface area contributed by atoms with Gasteiger partial charge in [-0.05, 0) is 73.6 Å². The first-order valence-electron chi connectivity index (χ1n) is 11.1. The van der Waals surface area contributed by atoms with E-state index in [0.717, 1.165) is 22.0 Å². The number of carbonyl (C=O) groups is 4. The zero-order valence-electron chi connectivity index (χ0n) is 18.7. The molecule has 2 aromatic rings. The third kappa shape index (κ3) is 3.76. The summed E-state index contributed by atoms with van der Waals surface area (Å²) < 4.78 is 6.15. The molecule has 3 aliphatic rings. The van der Waals surface area contributed by atoms with E-state index in [1.165, 1.54) is 17.0 Å². The van der Waals surface area contributed by atoms with Gasteiger partial charge in [-0.1, -0.05) is 34.1 Å². The number of hydrogen-bond acceptors (Lipinski definition) is 5. The number of nitrogens with one attached hydrogen (secondary N) is 1. The van der Waals surface area contributed by atoms with Gasteiger partial charge < -0.3 is 10.1 Å². The molecule has 2 aromatic carbocycles. The zero-order chi connectivity index (χ0) is 24.1. The summed E-state index contributed by atoms with van der Waals surface area (Å²) >= 11 is 3.48. The molecule has 8 heteroatoms. The maximum atomic E-state index is 13.0. The number of allylic oxidation sites excluding steroid dienone is 2. The van der Waals surface area contributed by atoms with Crippen molar-refractivity contribution in [2.24, 2.45) is 23.7 Å².